The smallest absolute Gasteiger partial charge is 0.191 e. The molecular weight excluding hydrogens is 424 g/mol. The largest absolute Gasteiger partial charge is 0.378 e. The third-order valence-corrected chi connectivity index (χ3v) is 4.50. The van der Waals surface area contributed by atoms with E-state index in [0.717, 1.165) is 32.7 Å². The fourth-order valence-electron chi connectivity index (χ4n) is 2.47. The maximum Gasteiger partial charge on any atom is 0.191 e. The first-order valence-electron chi connectivity index (χ1n) is 6.76. The van der Waals surface area contributed by atoms with Crippen molar-refractivity contribution in [2.24, 2.45) is 10.7 Å². The fourth-order valence-corrected chi connectivity index (χ4v) is 2.78. The summed E-state index contributed by atoms with van der Waals surface area (Å²) in [5, 5.41) is 1.18. The van der Waals surface area contributed by atoms with Crippen LogP contribution in [0.5, 0.6) is 0 Å². The predicted octanol–water partition coefficient (Wildman–Crippen LogP) is 3.11. The number of benzene rings is 1. The quantitative estimate of drug-likeness (QED) is 0.435. The molecule has 2 atom stereocenters. The maximum atomic E-state index is 6.06. The normalized spacial score (nSPS) is 25.4. The Kier molecular flexibility index (Phi) is 5.99. The second-order valence-corrected chi connectivity index (χ2v) is 5.98. The zero-order valence-corrected chi connectivity index (χ0v) is 15.3. The summed E-state index contributed by atoms with van der Waals surface area (Å²) in [6.07, 6.45) is 1.02. The Morgan fingerprint density at radius 1 is 1.24 bits per heavy atom. The molecule has 1 saturated heterocycles. The number of ether oxygens (including phenoxy) is 1. The molecular formula is C14H18Cl2IN3O. The number of nitrogens with two attached hydrogens (primary N) is 1. The molecule has 0 amide bonds. The van der Waals surface area contributed by atoms with Crippen LogP contribution in [0.25, 0.3) is 0 Å². The summed E-state index contributed by atoms with van der Waals surface area (Å²) in [5.41, 5.74) is 7.24. The van der Waals surface area contributed by atoms with Crippen molar-refractivity contribution in [1.82, 2.24) is 4.90 Å². The van der Waals surface area contributed by atoms with Crippen molar-refractivity contribution in [3.05, 3.63) is 33.8 Å². The van der Waals surface area contributed by atoms with Gasteiger partial charge in [0.1, 0.15) is 0 Å². The number of rotatable bonds is 2. The lowest BCUT2D eigenvalue weighted by Crippen LogP contribution is -2.45. The average Bonchev–Trinajstić information content (AvgIpc) is 3.22. The molecule has 1 aliphatic heterocycles. The zero-order chi connectivity index (χ0) is 14.1. The van der Waals surface area contributed by atoms with Gasteiger partial charge in [-0.05, 0) is 24.1 Å². The van der Waals surface area contributed by atoms with Gasteiger partial charge in [-0.1, -0.05) is 29.3 Å². The predicted molar refractivity (Wildman–Crippen MR) is 97.0 cm³/mol. The first-order chi connectivity index (χ1) is 9.65. The van der Waals surface area contributed by atoms with Crippen LogP contribution in [0, 0.1) is 0 Å². The van der Waals surface area contributed by atoms with Crippen molar-refractivity contribution in [1.29, 1.82) is 0 Å². The van der Waals surface area contributed by atoms with Crippen LogP contribution in [0.2, 0.25) is 10.0 Å². The molecule has 1 aromatic rings. The minimum atomic E-state index is 0. The SMILES string of the molecule is I.NC(=N[C@@H]1C[C@H]1c1ccc(Cl)c(Cl)c1)N1CCOCC1. The van der Waals surface area contributed by atoms with Gasteiger partial charge in [0, 0.05) is 19.0 Å². The Morgan fingerprint density at radius 2 is 1.95 bits per heavy atom. The van der Waals surface area contributed by atoms with Crippen molar-refractivity contribution >= 4 is 53.1 Å². The highest BCUT2D eigenvalue weighted by Gasteiger charge is 2.39. The van der Waals surface area contributed by atoms with Crippen molar-refractivity contribution in [2.75, 3.05) is 26.3 Å². The van der Waals surface area contributed by atoms with Crippen molar-refractivity contribution in [2.45, 2.75) is 18.4 Å². The van der Waals surface area contributed by atoms with E-state index in [-0.39, 0.29) is 30.0 Å². The van der Waals surface area contributed by atoms with Crippen LogP contribution in [0.4, 0.5) is 0 Å². The first-order valence-corrected chi connectivity index (χ1v) is 7.51. The third kappa shape index (κ3) is 4.15. The van der Waals surface area contributed by atoms with Gasteiger partial charge in [0.15, 0.2) is 5.96 Å². The van der Waals surface area contributed by atoms with Gasteiger partial charge in [0.25, 0.3) is 0 Å². The van der Waals surface area contributed by atoms with Gasteiger partial charge in [-0.25, -0.2) is 4.99 Å². The number of aliphatic imine (C=N–C) groups is 1. The molecule has 7 heteroatoms. The highest BCUT2D eigenvalue weighted by Crippen LogP contribution is 2.44. The van der Waals surface area contributed by atoms with E-state index >= 15 is 0 Å². The summed E-state index contributed by atoms with van der Waals surface area (Å²) in [4.78, 5) is 6.69. The maximum absolute atomic E-state index is 6.06. The minimum Gasteiger partial charge on any atom is -0.378 e. The molecule has 0 radical (unpaired) electrons. The van der Waals surface area contributed by atoms with Gasteiger partial charge >= 0.3 is 0 Å². The monoisotopic (exact) mass is 441 g/mol. The second-order valence-electron chi connectivity index (χ2n) is 5.17. The van der Waals surface area contributed by atoms with E-state index in [4.69, 9.17) is 33.7 Å². The molecule has 0 unspecified atom stereocenters. The van der Waals surface area contributed by atoms with Crippen LogP contribution in [-0.4, -0.2) is 43.2 Å². The highest BCUT2D eigenvalue weighted by atomic mass is 127. The van der Waals surface area contributed by atoms with Gasteiger partial charge < -0.3 is 15.4 Å². The Hall–Kier alpha value is -0.240. The van der Waals surface area contributed by atoms with Crippen LogP contribution >= 0.6 is 47.2 Å². The van der Waals surface area contributed by atoms with Gasteiger partial charge in [-0.15, -0.1) is 24.0 Å². The molecule has 2 aliphatic rings. The summed E-state index contributed by atoms with van der Waals surface area (Å²) in [6.45, 7) is 3.08. The third-order valence-electron chi connectivity index (χ3n) is 3.76. The molecule has 1 heterocycles. The lowest BCUT2D eigenvalue weighted by Gasteiger charge is -2.27. The molecule has 21 heavy (non-hydrogen) atoms. The molecule has 116 valence electrons. The summed E-state index contributed by atoms with van der Waals surface area (Å²) >= 11 is 12.0. The Morgan fingerprint density at radius 3 is 2.62 bits per heavy atom. The fraction of sp³-hybridized carbons (Fsp3) is 0.500. The van der Waals surface area contributed by atoms with Gasteiger partial charge in [0.05, 0.1) is 29.3 Å². The highest BCUT2D eigenvalue weighted by molar-refractivity contribution is 14.0. The van der Waals surface area contributed by atoms with Gasteiger partial charge in [-0.3, -0.25) is 0 Å². The number of nitrogens with zero attached hydrogens (tertiary/aromatic N) is 2. The van der Waals surface area contributed by atoms with Crippen molar-refractivity contribution < 1.29 is 4.74 Å². The van der Waals surface area contributed by atoms with E-state index < -0.39 is 0 Å². The molecule has 1 aromatic carbocycles. The molecule has 0 aromatic heterocycles. The second kappa shape index (κ2) is 7.35. The molecule has 1 aliphatic carbocycles. The number of hydrogen-bond acceptors (Lipinski definition) is 2. The number of halogens is 3. The number of morpholine rings is 1. The zero-order valence-electron chi connectivity index (χ0n) is 11.5. The molecule has 0 bridgehead atoms. The van der Waals surface area contributed by atoms with Crippen LogP contribution in [0.1, 0.15) is 17.9 Å². The van der Waals surface area contributed by atoms with Crippen LogP contribution in [-0.2, 0) is 4.74 Å². The lowest BCUT2D eigenvalue weighted by molar-refractivity contribution is 0.0674. The number of guanidine groups is 1. The summed E-state index contributed by atoms with van der Waals surface area (Å²) in [5.74, 6) is 1.03. The summed E-state index contributed by atoms with van der Waals surface area (Å²) in [6, 6.07) is 6.04. The van der Waals surface area contributed by atoms with Crippen LogP contribution in [0.3, 0.4) is 0 Å². The van der Waals surface area contributed by atoms with Gasteiger partial charge in [0.2, 0.25) is 0 Å². The summed E-state index contributed by atoms with van der Waals surface area (Å²) in [7, 11) is 0. The minimum absolute atomic E-state index is 0. The molecule has 2 N–H and O–H groups in total. The standard InChI is InChI=1S/C14H17Cl2N3O.HI/c15-11-2-1-9(7-12(11)16)10-8-13(10)18-14(17)19-3-5-20-6-4-19;/h1-2,7,10,13H,3-6,8H2,(H2,17,18);1H/t10-,13+;/m0./s1. The number of hydrogen-bond donors (Lipinski definition) is 1. The summed E-state index contributed by atoms with van der Waals surface area (Å²) < 4.78 is 5.31. The van der Waals surface area contributed by atoms with Crippen LogP contribution in [0.15, 0.2) is 23.2 Å². The van der Waals surface area contributed by atoms with Crippen LogP contribution < -0.4 is 5.73 Å². The first kappa shape index (κ1) is 17.1. The topological polar surface area (TPSA) is 50.8 Å². The van der Waals surface area contributed by atoms with E-state index in [9.17, 15) is 0 Å². The molecule has 3 rings (SSSR count). The van der Waals surface area contributed by atoms with Crippen molar-refractivity contribution in [3.63, 3.8) is 0 Å². The van der Waals surface area contributed by atoms with E-state index in [2.05, 4.69) is 9.89 Å². The van der Waals surface area contributed by atoms with Gasteiger partial charge in [-0.2, -0.15) is 0 Å². The van der Waals surface area contributed by atoms with Crippen molar-refractivity contribution in [3.8, 4) is 0 Å². The Balaban J connectivity index is 0.00000161. The molecule has 2 fully saturated rings. The Labute approximate surface area is 151 Å². The van der Waals surface area contributed by atoms with E-state index in [1.54, 1.807) is 0 Å². The molecule has 4 nitrogen and oxygen atoms in total. The van der Waals surface area contributed by atoms with E-state index in [1.807, 2.05) is 18.2 Å². The van der Waals surface area contributed by atoms with E-state index in [1.165, 1.54) is 5.56 Å². The molecule has 0 spiro atoms. The Bertz CT molecular complexity index is 535. The molecule has 1 saturated carbocycles. The lowest BCUT2D eigenvalue weighted by atomic mass is 10.1. The van der Waals surface area contributed by atoms with E-state index in [0.29, 0.717) is 21.9 Å². The average molecular weight is 442 g/mol.